The summed E-state index contributed by atoms with van der Waals surface area (Å²) in [6.45, 7) is 2.33. The zero-order valence-corrected chi connectivity index (χ0v) is 8.51. The molecule has 1 rings (SSSR count). The molecule has 0 radical (unpaired) electrons. The molecule has 0 aromatic heterocycles. The molecule has 1 amide bonds. The first-order valence-electron chi connectivity index (χ1n) is 5.01. The van der Waals surface area contributed by atoms with Crippen molar-refractivity contribution >= 4 is 5.91 Å². The second-order valence-electron chi connectivity index (χ2n) is 3.76. The molecule has 0 heterocycles. The van der Waals surface area contributed by atoms with Crippen LogP contribution >= 0.6 is 0 Å². The molecule has 3 nitrogen and oxygen atoms in total. The van der Waals surface area contributed by atoms with Crippen LogP contribution in [0.25, 0.3) is 0 Å². The maximum Gasteiger partial charge on any atom is 0.216 e. The molecule has 0 aliphatic heterocycles. The summed E-state index contributed by atoms with van der Waals surface area (Å²) in [5.41, 5.74) is 0. The van der Waals surface area contributed by atoms with Crippen LogP contribution in [0, 0.1) is 5.92 Å². The Hall–Kier alpha value is -0.570. The highest BCUT2D eigenvalue weighted by Gasteiger charge is 2.24. The van der Waals surface area contributed by atoms with Crippen molar-refractivity contribution in [1.29, 1.82) is 0 Å². The third-order valence-electron chi connectivity index (χ3n) is 2.76. The summed E-state index contributed by atoms with van der Waals surface area (Å²) in [6.07, 6.45) is 5.19. The van der Waals surface area contributed by atoms with Gasteiger partial charge < -0.3 is 10.1 Å². The van der Waals surface area contributed by atoms with Crippen LogP contribution in [-0.2, 0) is 9.53 Å². The Bertz CT molecular complexity index is 170. The number of rotatable bonds is 3. The molecule has 0 aromatic carbocycles. The van der Waals surface area contributed by atoms with Crippen LogP contribution in [0.2, 0.25) is 0 Å². The van der Waals surface area contributed by atoms with Gasteiger partial charge in [-0.1, -0.05) is 12.8 Å². The number of nitrogens with one attached hydrogen (secondary N) is 1. The van der Waals surface area contributed by atoms with E-state index in [9.17, 15) is 4.79 Å². The van der Waals surface area contributed by atoms with E-state index in [0.29, 0.717) is 12.0 Å². The average molecular weight is 185 g/mol. The normalized spacial score (nSPS) is 28.5. The summed E-state index contributed by atoms with van der Waals surface area (Å²) < 4.78 is 5.38. The fraction of sp³-hybridized carbons (Fsp3) is 0.900. The molecule has 0 aromatic rings. The lowest BCUT2D eigenvalue weighted by molar-refractivity contribution is -0.119. The van der Waals surface area contributed by atoms with Crippen LogP contribution in [0.4, 0.5) is 0 Å². The Morgan fingerprint density at radius 1 is 1.46 bits per heavy atom. The fourth-order valence-corrected chi connectivity index (χ4v) is 1.99. The highest BCUT2D eigenvalue weighted by atomic mass is 16.5. The Labute approximate surface area is 79.8 Å². The smallest absolute Gasteiger partial charge is 0.216 e. The van der Waals surface area contributed by atoms with Gasteiger partial charge in [0, 0.05) is 26.5 Å². The van der Waals surface area contributed by atoms with E-state index in [0.717, 1.165) is 13.0 Å². The van der Waals surface area contributed by atoms with Gasteiger partial charge in [-0.15, -0.1) is 0 Å². The number of hydrogen-bond acceptors (Lipinski definition) is 2. The van der Waals surface area contributed by atoms with Crippen molar-refractivity contribution in [2.24, 2.45) is 5.92 Å². The Kier molecular flexibility index (Phi) is 4.22. The summed E-state index contributed by atoms with van der Waals surface area (Å²) >= 11 is 0. The molecular formula is C10H19NO2. The minimum atomic E-state index is 0.0560. The molecule has 0 bridgehead atoms. The molecule has 1 saturated carbocycles. The van der Waals surface area contributed by atoms with Gasteiger partial charge in [0.15, 0.2) is 0 Å². The highest BCUT2D eigenvalue weighted by Crippen LogP contribution is 2.25. The zero-order valence-electron chi connectivity index (χ0n) is 8.51. The molecule has 13 heavy (non-hydrogen) atoms. The van der Waals surface area contributed by atoms with Gasteiger partial charge in [0.05, 0.1) is 6.10 Å². The Morgan fingerprint density at radius 3 is 2.77 bits per heavy atom. The molecule has 3 heteroatoms. The van der Waals surface area contributed by atoms with Crippen molar-refractivity contribution in [3.05, 3.63) is 0 Å². The van der Waals surface area contributed by atoms with Crippen molar-refractivity contribution in [2.75, 3.05) is 13.7 Å². The lowest BCUT2D eigenvalue weighted by atomic mass is 9.86. The van der Waals surface area contributed by atoms with Crippen LogP contribution in [0.3, 0.4) is 0 Å². The molecule has 0 saturated heterocycles. The van der Waals surface area contributed by atoms with E-state index >= 15 is 0 Å². The highest BCUT2D eigenvalue weighted by molar-refractivity contribution is 5.72. The third kappa shape index (κ3) is 3.35. The minimum absolute atomic E-state index is 0.0560. The monoisotopic (exact) mass is 185 g/mol. The maximum atomic E-state index is 10.7. The van der Waals surface area contributed by atoms with Gasteiger partial charge in [0.2, 0.25) is 5.91 Å². The van der Waals surface area contributed by atoms with E-state index in [4.69, 9.17) is 4.74 Å². The summed E-state index contributed by atoms with van der Waals surface area (Å²) in [7, 11) is 1.76. The van der Waals surface area contributed by atoms with Gasteiger partial charge in [0.1, 0.15) is 0 Å². The summed E-state index contributed by atoms with van der Waals surface area (Å²) in [5, 5.41) is 2.86. The van der Waals surface area contributed by atoms with Crippen LogP contribution in [-0.4, -0.2) is 25.7 Å². The molecule has 1 aliphatic carbocycles. The molecular weight excluding hydrogens is 166 g/mol. The van der Waals surface area contributed by atoms with Gasteiger partial charge in [0.25, 0.3) is 0 Å². The van der Waals surface area contributed by atoms with Crippen molar-refractivity contribution in [3.63, 3.8) is 0 Å². The van der Waals surface area contributed by atoms with Gasteiger partial charge in [-0.25, -0.2) is 0 Å². The van der Waals surface area contributed by atoms with E-state index in [2.05, 4.69) is 5.32 Å². The SMILES string of the molecule is COC1CCCCC1CNC(C)=O. The number of hydrogen-bond donors (Lipinski definition) is 1. The van der Waals surface area contributed by atoms with Crippen molar-refractivity contribution in [3.8, 4) is 0 Å². The van der Waals surface area contributed by atoms with Crippen LogP contribution < -0.4 is 5.32 Å². The predicted octanol–water partition coefficient (Wildman–Crippen LogP) is 1.33. The lowest BCUT2D eigenvalue weighted by Gasteiger charge is -2.30. The number of carbonyl (C=O) groups is 1. The standard InChI is InChI=1S/C10H19NO2/c1-8(12)11-7-9-5-3-4-6-10(9)13-2/h9-10H,3-7H2,1-2H3,(H,11,12). The van der Waals surface area contributed by atoms with Crippen molar-refractivity contribution in [1.82, 2.24) is 5.32 Å². The van der Waals surface area contributed by atoms with Gasteiger partial charge >= 0.3 is 0 Å². The number of methoxy groups -OCH3 is 1. The molecule has 1 fully saturated rings. The van der Waals surface area contributed by atoms with E-state index in [1.165, 1.54) is 19.3 Å². The largest absolute Gasteiger partial charge is 0.381 e. The molecule has 2 unspecified atom stereocenters. The van der Waals surface area contributed by atoms with E-state index in [1.807, 2.05) is 0 Å². The summed E-state index contributed by atoms with van der Waals surface area (Å²) in [4.78, 5) is 10.7. The average Bonchev–Trinajstić information content (AvgIpc) is 2.15. The Balaban J connectivity index is 2.31. The van der Waals surface area contributed by atoms with E-state index < -0.39 is 0 Å². The minimum Gasteiger partial charge on any atom is -0.381 e. The zero-order chi connectivity index (χ0) is 9.68. The van der Waals surface area contributed by atoms with Crippen LogP contribution in [0.15, 0.2) is 0 Å². The molecule has 0 spiro atoms. The van der Waals surface area contributed by atoms with Gasteiger partial charge in [-0.2, -0.15) is 0 Å². The first kappa shape index (κ1) is 10.5. The number of amides is 1. The molecule has 1 aliphatic rings. The predicted molar refractivity (Wildman–Crippen MR) is 51.4 cm³/mol. The van der Waals surface area contributed by atoms with Crippen LogP contribution in [0.5, 0.6) is 0 Å². The second-order valence-corrected chi connectivity index (χ2v) is 3.76. The first-order valence-corrected chi connectivity index (χ1v) is 5.01. The lowest BCUT2D eigenvalue weighted by Crippen LogP contribution is -2.36. The van der Waals surface area contributed by atoms with Crippen molar-refractivity contribution < 1.29 is 9.53 Å². The summed E-state index contributed by atoms with van der Waals surface area (Å²) in [5.74, 6) is 0.572. The number of carbonyl (C=O) groups excluding carboxylic acids is 1. The number of ether oxygens (including phenoxy) is 1. The Morgan fingerprint density at radius 2 is 2.15 bits per heavy atom. The molecule has 1 N–H and O–H groups in total. The third-order valence-corrected chi connectivity index (χ3v) is 2.76. The van der Waals surface area contributed by atoms with E-state index in [-0.39, 0.29) is 5.91 Å². The van der Waals surface area contributed by atoms with Crippen LogP contribution in [0.1, 0.15) is 32.6 Å². The van der Waals surface area contributed by atoms with Gasteiger partial charge in [-0.3, -0.25) is 4.79 Å². The molecule has 76 valence electrons. The second kappa shape index (κ2) is 5.22. The van der Waals surface area contributed by atoms with E-state index in [1.54, 1.807) is 14.0 Å². The van der Waals surface area contributed by atoms with Gasteiger partial charge in [-0.05, 0) is 12.8 Å². The maximum absolute atomic E-state index is 10.7. The van der Waals surface area contributed by atoms with Crippen molar-refractivity contribution in [2.45, 2.75) is 38.7 Å². The summed E-state index contributed by atoms with van der Waals surface area (Å²) in [6, 6.07) is 0. The topological polar surface area (TPSA) is 38.3 Å². The first-order chi connectivity index (χ1) is 6.24. The quantitative estimate of drug-likeness (QED) is 0.720. The molecule has 2 atom stereocenters. The fourth-order valence-electron chi connectivity index (χ4n) is 1.99.